The minimum absolute atomic E-state index is 0.402. The highest BCUT2D eigenvalue weighted by atomic mass is 15.1. The molecule has 0 bridgehead atoms. The fourth-order valence-electron chi connectivity index (χ4n) is 2.91. The van der Waals surface area contributed by atoms with E-state index in [0.717, 1.165) is 24.9 Å². The molecular weight excluding hydrogens is 208 g/mol. The monoisotopic (exact) mass is 240 g/mol. The van der Waals surface area contributed by atoms with E-state index in [2.05, 4.69) is 25.7 Å². The lowest BCUT2D eigenvalue weighted by Gasteiger charge is -2.32. The zero-order chi connectivity index (χ0) is 12.7. The maximum atomic E-state index is 6.40. The van der Waals surface area contributed by atoms with Crippen LogP contribution in [0.4, 0.5) is 0 Å². The smallest absolute Gasteiger partial charge is 0.0196 e. The fraction of sp³-hybridized carbons (Fsp3) is 1.00. The van der Waals surface area contributed by atoms with Gasteiger partial charge in [0, 0.05) is 19.1 Å². The van der Waals surface area contributed by atoms with Crippen LogP contribution in [0.2, 0.25) is 0 Å². The summed E-state index contributed by atoms with van der Waals surface area (Å²) >= 11 is 0. The molecule has 0 heterocycles. The van der Waals surface area contributed by atoms with E-state index in [9.17, 15) is 0 Å². The van der Waals surface area contributed by atoms with Gasteiger partial charge in [-0.25, -0.2) is 0 Å². The second-order valence-electron chi connectivity index (χ2n) is 5.93. The van der Waals surface area contributed by atoms with Crippen molar-refractivity contribution in [2.45, 2.75) is 65.3 Å². The van der Waals surface area contributed by atoms with E-state index in [4.69, 9.17) is 5.73 Å². The second kappa shape index (κ2) is 8.10. The van der Waals surface area contributed by atoms with Gasteiger partial charge in [0.25, 0.3) is 0 Å². The first-order valence-electron chi connectivity index (χ1n) is 7.65. The molecule has 1 aliphatic rings. The first-order valence-corrected chi connectivity index (χ1v) is 7.65. The van der Waals surface area contributed by atoms with Gasteiger partial charge in [0.2, 0.25) is 0 Å². The van der Waals surface area contributed by atoms with Crippen LogP contribution in [0.15, 0.2) is 0 Å². The van der Waals surface area contributed by atoms with Gasteiger partial charge in [-0.1, -0.05) is 46.5 Å². The minimum atomic E-state index is 0.402. The molecule has 2 atom stereocenters. The average Bonchev–Trinajstić information content (AvgIpc) is 2.38. The lowest BCUT2D eigenvalue weighted by Crippen LogP contribution is -2.44. The van der Waals surface area contributed by atoms with Crippen molar-refractivity contribution in [1.82, 2.24) is 4.90 Å². The van der Waals surface area contributed by atoms with Crippen LogP contribution in [-0.4, -0.2) is 30.6 Å². The minimum Gasteiger partial charge on any atom is -0.326 e. The summed E-state index contributed by atoms with van der Waals surface area (Å²) in [6.45, 7) is 10.3. The summed E-state index contributed by atoms with van der Waals surface area (Å²) in [5.41, 5.74) is 6.40. The SMILES string of the molecule is CCC(C)CN(CC)CC(N)C1CCCCC1. The number of rotatable bonds is 7. The fourth-order valence-corrected chi connectivity index (χ4v) is 2.91. The van der Waals surface area contributed by atoms with Crippen molar-refractivity contribution >= 4 is 0 Å². The van der Waals surface area contributed by atoms with Gasteiger partial charge in [-0.05, 0) is 31.2 Å². The number of likely N-dealkylation sites (N-methyl/N-ethyl adjacent to an activating group) is 1. The summed E-state index contributed by atoms with van der Waals surface area (Å²) in [6, 6.07) is 0.402. The molecule has 0 radical (unpaired) electrons. The van der Waals surface area contributed by atoms with Gasteiger partial charge in [0.05, 0.1) is 0 Å². The molecular formula is C15H32N2. The van der Waals surface area contributed by atoms with E-state index in [1.54, 1.807) is 0 Å². The maximum absolute atomic E-state index is 6.40. The van der Waals surface area contributed by atoms with Crippen molar-refractivity contribution in [3.63, 3.8) is 0 Å². The van der Waals surface area contributed by atoms with Crippen molar-refractivity contribution < 1.29 is 0 Å². The zero-order valence-electron chi connectivity index (χ0n) is 12.1. The van der Waals surface area contributed by atoms with Gasteiger partial charge >= 0.3 is 0 Å². The number of hydrogen-bond acceptors (Lipinski definition) is 2. The molecule has 1 fully saturated rings. The Morgan fingerprint density at radius 3 is 2.29 bits per heavy atom. The van der Waals surface area contributed by atoms with Crippen LogP contribution in [0, 0.1) is 11.8 Å². The Morgan fingerprint density at radius 1 is 1.12 bits per heavy atom. The summed E-state index contributed by atoms with van der Waals surface area (Å²) in [5.74, 6) is 1.59. The summed E-state index contributed by atoms with van der Waals surface area (Å²) in [7, 11) is 0. The lowest BCUT2D eigenvalue weighted by atomic mass is 9.84. The van der Waals surface area contributed by atoms with Crippen molar-refractivity contribution in [2.24, 2.45) is 17.6 Å². The molecule has 0 amide bonds. The Bertz CT molecular complexity index is 187. The first-order chi connectivity index (χ1) is 8.17. The molecule has 2 nitrogen and oxygen atoms in total. The molecule has 0 aromatic heterocycles. The highest BCUT2D eigenvalue weighted by Crippen LogP contribution is 2.26. The average molecular weight is 240 g/mol. The van der Waals surface area contributed by atoms with E-state index in [1.807, 2.05) is 0 Å². The van der Waals surface area contributed by atoms with E-state index in [1.165, 1.54) is 45.1 Å². The van der Waals surface area contributed by atoms with Crippen LogP contribution in [0.25, 0.3) is 0 Å². The zero-order valence-corrected chi connectivity index (χ0v) is 12.1. The molecule has 1 aliphatic carbocycles. The summed E-state index contributed by atoms with van der Waals surface area (Å²) < 4.78 is 0. The van der Waals surface area contributed by atoms with Crippen LogP contribution >= 0.6 is 0 Å². The van der Waals surface area contributed by atoms with Gasteiger partial charge < -0.3 is 10.6 Å². The van der Waals surface area contributed by atoms with Crippen LogP contribution < -0.4 is 5.73 Å². The Morgan fingerprint density at radius 2 is 1.76 bits per heavy atom. The highest BCUT2D eigenvalue weighted by Gasteiger charge is 2.22. The van der Waals surface area contributed by atoms with E-state index in [0.29, 0.717) is 6.04 Å². The molecule has 0 aromatic rings. The number of nitrogens with two attached hydrogens (primary N) is 1. The Labute approximate surface area is 108 Å². The van der Waals surface area contributed by atoms with Crippen molar-refractivity contribution in [1.29, 1.82) is 0 Å². The largest absolute Gasteiger partial charge is 0.326 e. The van der Waals surface area contributed by atoms with Crippen molar-refractivity contribution in [3.8, 4) is 0 Å². The third-order valence-electron chi connectivity index (χ3n) is 4.44. The first kappa shape index (κ1) is 15.0. The molecule has 2 N–H and O–H groups in total. The molecule has 0 saturated heterocycles. The van der Waals surface area contributed by atoms with Gasteiger partial charge in [-0.3, -0.25) is 0 Å². The Hall–Kier alpha value is -0.0800. The van der Waals surface area contributed by atoms with E-state index < -0.39 is 0 Å². The van der Waals surface area contributed by atoms with Crippen LogP contribution in [0.1, 0.15) is 59.3 Å². The predicted molar refractivity (Wildman–Crippen MR) is 76.1 cm³/mol. The van der Waals surface area contributed by atoms with Gasteiger partial charge in [-0.15, -0.1) is 0 Å². The van der Waals surface area contributed by atoms with Crippen LogP contribution in [0.5, 0.6) is 0 Å². The summed E-state index contributed by atoms with van der Waals surface area (Å²) in [5, 5.41) is 0. The standard InChI is InChI=1S/C15H32N2/c1-4-13(3)11-17(5-2)12-15(16)14-9-7-6-8-10-14/h13-15H,4-12,16H2,1-3H3. The van der Waals surface area contributed by atoms with Crippen LogP contribution in [0.3, 0.4) is 0 Å². The topological polar surface area (TPSA) is 29.3 Å². The Kier molecular flexibility index (Phi) is 7.14. The molecule has 2 heteroatoms. The third kappa shape index (κ3) is 5.39. The van der Waals surface area contributed by atoms with Crippen LogP contribution in [-0.2, 0) is 0 Å². The molecule has 0 aromatic carbocycles. The normalized spacial score (nSPS) is 21.7. The van der Waals surface area contributed by atoms with Crippen molar-refractivity contribution in [2.75, 3.05) is 19.6 Å². The highest BCUT2D eigenvalue weighted by molar-refractivity contribution is 4.79. The molecule has 0 spiro atoms. The lowest BCUT2D eigenvalue weighted by molar-refractivity contribution is 0.192. The second-order valence-corrected chi connectivity index (χ2v) is 5.93. The molecule has 17 heavy (non-hydrogen) atoms. The molecule has 2 unspecified atom stereocenters. The molecule has 1 rings (SSSR count). The van der Waals surface area contributed by atoms with Gasteiger partial charge in [0.15, 0.2) is 0 Å². The number of nitrogens with zero attached hydrogens (tertiary/aromatic N) is 1. The maximum Gasteiger partial charge on any atom is 0.0196 e. The van der Waals surface area contributed by atoms with Crippen molar-refractivity contribution in [3.05, 3.63) is 0 Å². The summed E-state index contributed by atoms with van der Waals surface area (Å²) in [6.07, 6.45) is 8.22. The van der Waals surface area contributed by atoms with Gasteiger partial charge in [-0.2, -0.15) is 0 Å². The Balaban J connectivity index is 2.32. The molecule has 102 valence electrons. The van der Waals surface area contributed by atoms with Gasteiger partial charge in [0.1, 0.15) is 0 Å². The third-order valence-corrected chi connectivity index (χ3v) is 4.44. The van der Waals surface area contributed by atoms with E-state index >= 15 is 0 Å². The molecule has 1 saturated carbocycles. The molecule has 0 aliphatic heterocycles. The quantitative estimate of drug-likeness (QED) is 0.740. The predicted octanol–water partition coefficient (Wildman–Crippen LogP) is 3.26. The number of hydrogen-bond donors (Lipinski definition) is 1. The summed E-state index contributed by atoms with van der Waals surface area (Å²) in [4.78, 5) is 2.55. The van der Waals surface area contributed by atoms with E-state index in [-0.39, 0.29) is 0 Å².